The number of nitrogens with one attached hydrogen (secondary N) is 1. The summed E-state index contributed by atoms with van der Waals surface area (Å²) >= 11 is 8.12. The molecule has 1 aromatic rings. The molecule has 1 rings (SSSR count). The van der Waals surface area contributed by atoms with Crippen LogP contribution in [0.15, 0.2) is 10.5 Å². The van der Waals surface area contributed by atoms with Gasteiger partial charge in [-0.1, -0.05) is 12.2 Å². The standard InChI is InChI=1S/C8H9BrN2O2S/c1-2-13-8(12)4-3-5(9)6(10)11-7(4)14/h3H,2H2,1H3,(H3,10,11,14). The molecular weight excluding hydrogens is 268 g/mol. The van der Waals surface area contributed by atoms with Gasteiger partial charge in [-0.05, 0) is 28.9 Å². The number of nitrogens with two attached hydrogens (primary N) is 1. The zero-order valence-electron chi connectivity index (χ0n) is 7.46. The number of aromatic amines is 1. The number of carbonyl (C=O) groups excluding carboxylic acids is 1. The number of H-pyrrole nitrogens is 1. The van der Waals surface area contributed by atoms with Gasteiger partial charge in [0.1, 0.15) is 10.5 Å². The van der Waals surface area contributed by atoms with Crippen LogP contribution in [0, 0.1) is 4.64 Å². The zero-order valence-corrected chi connectivity index (χ0v) is 9.87. The molecule has 0 spiro atoms. The molecule has 0 aliphatic heterocycles. The number of halogens is 1. The van der Waals surface area contributed by atoms with Crippen LogP contribution < -0.4 is 5.73 Å². The van der Waals surface area contributed by atoms with Gasteiger partial charge in [0.25, 0.3) is 0 Å². The number of hydrogen-bond acceptors (Lipinski definition) is 4. The summed E-state index contributed by atoms with van der Waals surface area (Å²) in [6, 6.07) is 1.55. The van der Waals surface area contributed by atoms with Crippen LogP contribution in [0.5, 0.6) is 0 Å². The normalized spacial score (nSPS) is 9.86. The quantitative estimate of drug-likeness (QED) is 0.642. The fourth-order valence-electron chi connectivity index (χ4n) is 0.880. The minimum absolute atomic E-state index is 0.282. The summed E-state index contributed by atoms with van der Waals surface area (Å²) in [6.07, 6.45) is 0. The van der Waals surface area contributed by atoms with Crippen LogP contribution in [0.1, 0.15) is 17.3 Å². The number of anilines is 1. The minimum Gasteiger partial charge on any atom is -0.462 e. The van der Waals surface area contributed by atoms with Gasteiger partial charge >= 0.3 is 5.97 Å². The summed E-state index contributed by atoms with van der Waals surface area (Å²) in [5.41, 5.74) is 5.85. The molecule has 1 aromatic heterocycles. The molecule has 0 aliphatic rings. The third-order valence-corrected chi connectivity index (χ3v) is 2.49. The zero-order chi connectivity index (χ0) is 10.7. The van der Waals surface area contributed by atoms with E-state index in [0.29, 0.717) is 22.5 Å². The van der Waals surface area contributed by atoms with E-state index in [-0.39, 0.29) is 4.64 Å². The molecule has 1 heterocycles. The molecule has 0 radical (unpaired) electrons. The monoisotopic (exact) mass is 276 g/mol. The van der Waals surface area contributed by atoms with E-state index >= 15 is 0 Å². The van der Waals surface area contributed by atoms with Crippen LogP contribution in [0.25, 0.3) is 0 Å². The van der Waals surface area contributed by atoms with Crippen molar-refractivity contribution in [1.82, 2.24) is 4.98 Å². The molecule has 0 aromatic carbocycles. The van der Waals surface area contributed by atoms with Crippen LogP contribution >= 0.6 is 28.1 Å². The molecule has 3 N–H and O–H groups in total. The van der Waals surface area contributed by atoms with Crippen molar-refractivity contribution in [3.8, 4) is 0 Å². The maximum atomic E-state index is 11.4. The largest absolute Gasteiger partial charge is 0.462 e. The molecule has 4 nitrogen and oxygen atoms in total. The van der Waals surface area contributed by atoms with E-state index in [1.807, 2.05) is 0 Å². The molecule has 0 unspecified atom stereocenters. The number of pyridine rings is 1. The molecule has 0 atom stereocenters. The van der Waals surface area contributed by atoms with Gasteiger partial charge < -0.3 is 15.5 Å². The van der Waals surface area contributed by atoms with Crippen molar-refractivity contribution in [2.75, 3.05) is 12.3 Å². The topological polar surface area (TPSA) is 68.1 Å². The summed E-state index contributed by atoms with van der Waals surface area (Å²) in [5, 5.41) is 0. The van der Waals surface area contributed by atoms with Crippen LogP contribution in [0.3, 0.4) is 0 Å². The first-order chi connectivity index (χ1) is 6.56. The van der Waals surface area contributed by atoms with Crippen molar-refractivity contribution in [1.29, 1.82) is 0 Å². The van der Waals surface area contributed by atoms with Crippen LogP contribution in [-0.2, 0) is 4.74 Å². The summed E-state index contributed by atoms with van der Waals surface area (Å²) < 4.78 is 5.69. The average molecular weight is 277 g/mol. The summed E-state index contributed by atoms with van der Waals surface area (Å²) in [6.45, 7) is 2.05. The van der Waals surface area contributed by atoms with Crippen LogP contribution in [-0.4, -0.2) is 17.6 Å². The number of rotatable bonds is 2. The Hall–Kier alpha value is -0.880. The fourth-order valence-corrected chi connectivity index (χ4v) is 1.46. The van der Waals surface area contributed by atoms with Gasteiger partial charge in [-0.15, -0.1) is 0 Å². The fraction of sp³-hybridized carbons (Fsp3) is 0.250. The Morgan fingerprint density at radius 2 is 2.43 bits per heavy atom. The van der Waals surface area contributed by atoms with E-state index in [1.165, 1.54) is 0 Å². The number of carbonyl (C=O) groups is 1. The van der Waals surface area contributed by atoms with E-state index in [0.717, 1.165) is 0 Å². The second-order valence-corrected chi connectivity index (χ2v) is 3.76. The second-order valence-electron chi connectivity index (χ2n) is 2.49. The Bertz CT molecular complexity index is 416. The van der Waals surface area contributed by atoms with Crippen molar-refractivity contribution >= 4 is 39.9 Å². The lowest BCUT2D eigenvalue weighted by Gasteiger charge is -2.04. The smallest absolute Gasteiger partial charge is 0.341 e. The number of ether oxygens (including phenoxy) is 1. The molecule has 0 amide bonds. The Morgan fingerprint density at radius 3 is 3.00 bits per heavy atom. The second kappa shape index (κ2) is 4.56. The summed E-state index contributed by atoms with van der Waals surface area (Å²) in [4.78, 5) is 14.0. The molecule has 0 saturated carbocycles. The van der Waals surface area contributed by atoms with Gasteiger partial charge in [-0.3, -0.25) is 0 Å². The number of esters is 1. The summed E-state index contributed by atoms with van der Waals surface area (Å²) in [5.74, 6) is -0.0579. The molecule has 0 bridgehead atoms. The molecule has 6 heteroatoms. The van der Waals surface area contributed by atoms with Gasteiger partial charge in [-0.25, -0.2) is 4.79 Å². The van der Waals surface area contributed by atoms with Gasteiger partial charge in [0, 0.05) is 0 Å². The predicted octanol–water partition coefficient (Wildman–Crippen LogP) is 2.27. The van der Waals surface area contributed by atoms with E-state index < -0.39 is 5.97 Å². The first-order valence-corrected chi connectivity index (χ1v) is 5.11. The number of nitrogen functional groups attached to an aromatic ring is 1. The SMILES string of the molecule is CCOC(=O)c1cc(Br)c(N)[nH]c1=S. The highest BCUT2D eigenvalue weighted by atomic mass is 79.9. The first kappa shape index (κ1) is 11.2. The van der Waals surface area contributed by atoms with Crippen molar-refractivity contribution < 1.29 is 9.53 Å². The Kier molecular flexibility index (Phi) is 3.65. The predicted molar refractivity (Wildman–Crippen MR) is 59.7 cm³/mol. The molecule has 0 aliphatic carbocycles. The lowest BCUT2D eigenvalue weighted by atomic mass is 10.3. The highest BCUT2D eigenvalue weighted by molar-refractivity contribution is 9.10. The van der Waals surface area contributed by atoms with Gasteiger partial charge in [0.2, 0.25) is 0 Å². The first-order valence-electron chi connectivity index (χ1n) is 3.91. The number of hydrogen-bond donors (Lipinski definition) is 2. The maximum Gasteiger partial charge on any atom is 0.341 e. The van der Waals surface area contributed by atoms with Crippen LogP contribution in [0.2, 0.25) is 0 Å². The van der Waals surface area contributed by atoms with Gasteiger partial charge in [0.05, 0.1) is 16.6 Å². The average Bonchev–Trinajstić information content (AvgIpc) is 2.11. The molecule has 14 heavy (non-hydrogen) atoms. The molecule has 0 saturated heterocycles. The highest BCUT2D eigenvalue weighted by Crippen LogP contribution is 2.19. The lowest BCUT2D eigenvalue weighted by Crippen LogP contribution is -2.07. The minimum atomic E-state index is -0.450. The molecule has 0 fully saturated rings. The maximum absolute atomic E-state index is 11.4. The number of aromatic nitrogens is 1. The molecular formula is C8H9BrN2O2S. The third kappa shape index (κ3) is 2.33. The van der Waals surface area contributed by atoms with Crippen molar-refractivity contribution in [2.24, 2.45) is 0 Å². The highest BCUT2D eigenvalue weighted by Gasteiger charge is 2.10. The Balaban J connectivity index is 3.16. The lowest BCUT2D eigenvalue weighted by molar-refractivity contribution is 0.0525. The Labute approximate surface area is 94.6 Å². The van der Waals surface area contributed by atoms with E-state index in [1.54, 1.807) is 13.0 Å². The summed E-state index contributed by atoms with van der Waals surface area (Å²) in [7, 11) is 0. The Morgan fingerprint density at radius 1 is 1.79 bits per heavy atom. The van der Waals surface area contributed by atoms with Gasteiger partial charge in [-0.2, -0.15) is 0 Å². The third-order valence-electron chi connectivity index (χ3n) is 1.52. The van der Waals surface area contributed by atoms with Gasteiger partial charge in [0.15, 0.2) is 0 Å². The van der Waals surface area contributed by atoms with Crippen molar-refractivity contribution in [3.63, 3.8) is 0 Å². The van der Waals surface area contributed by atoms with E-state index in [2.05, 4.69) is 20.9 Å². The van der Waals surface area contributed by atoms with E-state index in [9.17, 15) is 4.79 Å². The molecule has 76 valence electrons. The van der Waals surface area contributed by atoms with Crippen molar-refractivity contribution in [2.45, 2.75) is 6.92 Å². The van der Waals surface area contributed by atoms with Crippen molar-refractivity contribution in [3.05, 3.63) is 20.7 Å². The van der Waals surface area contributed by atoms with E-state index in [4.69, 9.17) is 22.7 Å². The van der Waals surface area contributed by atoms with Crippen LogP contribution in [0.4, 0.5) is 5.82 Å².